The molecule has 0 aliphatic rings. The van der Waals surface area contributed by atoms with E-state index in [-0.39, 0.29) is 12.0 Å². The van der Waals surface area contributed by atoms with E-state index < -0.39 is 0 Å². The summed E-state index contributed by atoms with van der Waals surface area (Å²) in [5.74, 6) is 0.463. The number of hydrogen-bond acceptors (Lipinski definition) is 5. The topological polar surface area (TPSA) is 59.6 Å². The Morgan fingerprint density at radius 3 is 2.46 bits per heavy atom. The molecule has 0 bridgehead atoms. The summed E-state index contributed by atoms with van der Waals surface area (Å²) in [7, 11) is 3.03. The summed E-state index contributed by atoms with van der Waals surface area (Å²) in [6.45, 7) is 6.04. The lowest BCUT2D eigenvalue weighted by atomic mass is 10.1. The summed E-state index contributed by atoms with van der Waals surface area (Å²) >= 11 is 6.95. The number of thiophene rings is 1. The predicted molar refractivity (Wildman–Crippen MR) is 111 cm³/mol. The first-order valence-electron chi connectivity index (χ1n) is 8.33. The molecule has 5 nitrogen and oxygen atoms in total. The van der Waals surface area contributed by atoms with Gasteiger partial charge in [-0.1, -0.05) is 19.1 Å². The van der Waals surface area contributed by atoms with Gasteiger partial charge in [-0.3, -0.25) is 0 Å². The summed E-state index contributed by atoms with van der Waals surface area (Å²) in [5.41, 5.74) is 2.65. The van der Waals surface area contributed by atoms with Crippen molar-refractivity contribution in [1.82, 2.24) is 5.32 Å². The number of ether oxygens (including phenoxy) is 2. The molecule has 0 aliphatic heterocycles. The molecule has 2 rings (SSSR count). The van der Waals surface area contributed by atoms with E-state index in [4.69, 9.17) is 21.7 Å². The molecule has 2 aromatic rings. The quantitative estimate of drug-likeness (QED) is 0.559. The largest absolute Gasteiger partial charge is 0.497 e. The zero-order valence-electron chi connectivity index (χ0n) is 15.6. The number of carbonyl (C=O) groups excluding carboxylic acids is 1. The number of carbonyl (C=O) groups is 1. The summed E-state index contributed by atoms with van der Waals surface area (Å²) < 4.78 is 10.1. The smallest absolute Gasteiger partial charge is 0.341 e. The molecule has 0 saturated carbocycles. The summed E-state index contributed by atoms with van der Waals surface area (Å²) in [4.78, 5) is 13.3. The molecule has 1 heterocycles. The van der Waals surface area contributed by atoms with E-state index in [0.29, 0.717) is 15.7 Å². The maximum Gasteiger partial charge on any atom is 0.341 e. The maximum atomic E-state index is 12.2. The van der Waals surface area contributed by atoms with E-state index in [1.54, 1.807) is 7.11 Å². The van der Waals surface area contributed by atoms with E-state index in [1.165, 1.54) is 18.4 Å². The lowest BCUT2D eigenvalue weighted by Gasteiger charge is -2.17. The van der Waals surface area contributed by atoms with E-state index in [0.717, 1.165) is 28.2 Å². The molecule has 0 aliphatic carbocycles. The standard InChI is InChI=1S/C19H24N2O3S2/c1-6-15-12(3)26-17(16(15)18(22)24-5)21-19(25)20-11(2)13-7-9-14(23-4)10-8-13/h7-11H,6H2,1-5H3,(H2,20,21,25). The van der Waals surface area contributed by atoms with Crippen LogP contribution < -0.4 is 15.4 Å². The second-order valence-electron chi connectivity index (χ2n) is 5.78. The molecule has 0 spiro atoms. The van der Waals surface area contributed by atoms with Crippen molar-refractivity contribution in [2.75, 3.05) is 19.5 Å². The van der Waals surface area contributed by atoms with Crippen molar-refractivity contribution in [3.63, 3.8) is 0 Å². The van der Waals surface area contributed by atoms with Gasteiger partial charge in [0.25, 0.3) is 0 Å². The molecule has 2 N–H and O–H groups in total. The van der Waals surface area contributed by atoms with Crippen LogP contribution in [0.25, 0.3) is 0 Å². The number of hydrogen-bond donors (Lipinski definition) is 2. The maximum absolute atomic E-state index is 12.2. The van der Waals surface area contributed by atoms with Crippen molar-refractivity contribution < 1.29 is 14.3 Å². The number of nitrogens with one attached hydrogen (secondary N) is 2. The monoisotopic (exact) mass is 392 g/mol. The van der Waals surface area contributed by atoms with Crippen LogP contribution in [0.5, 0.6) is 5.75 Å². The highest BCUT2D eigenvalue weighted by Crippen LogP contribution is 2.34. The second-order valence-corrected chi connectivity index (χ2v) is 7.41. The highest BCUT2D eigenvalue weighted by Gasteiger charge is 2.22. The van der Waals surface area contributed by atoms with Crippen LogP contribution >= 0.6 is 23.6 Å². The summed E-state index contributed by atoms with van der Waals surface area (Å²) in [5, 5.41) is 7.58. The fourth-order valence-electron chi connectivity index (χ4n) is 2.72. The Kier molecular flexibility index (Phi) is 6.99. The minimum Gasteiger partial charge on any atom is -0.497 e. The molecule has 1 aromatic heterocycles. The van der Waals surface area contributed by atoms with Crippen LogP contribution in [-0.4, -0.2) is 25.3 Å². The number of benzene rings is 1. The fraction of sp³-hybridized carbons (Fsp3) is 0.368. The minimum atomic E-state index is -0.347. The Bertz CT molecular complexity index is 785. The average molecular weight is 393 g/mol. The van der Waals surface area contributed by atoms with Gasteiger partial charge in [0.1, 0.15) is 10.8 Å². The first kappa shape index (κ1) is 20.2. The minimum absolute atomic E-state index is 0.00851. The molecule has 1 unspecified atom stereocenters. The Hall–Kier alpha value is -2.12. The van der Waals surface area contributed by atoms with Gasteiger partial charge in [-0.25, -0.2) is 4.79 Å². The van der Waals surface area contributed by atoms with Gasteiger partial charge in [0.05, 0.1) is 25.8 Å². The van der Waals surface area contributed by atoms with Gasteiger partial charge < -0.3 is 20.1 Å². The molecule has 1 aromatic carbocycles. The number of esters is 1. The highest BCUT2D eigenvalue weighted by atomic mass is 32.1. The van der Waals surface area contributed by atoms with Gasteiger partial charge in [0.15, 0.2) is 5.11 Å². The number of anilines is 1. The zero-order valence-corrected chi connectivity index (χ0v) is 17.3. The third-order valence-corrected chi connectivity index (χ3v) is 5.43. The molecule has 140 valence electrons. The third-order valence-electron chi connectivity index (χ3n) is 4.14. The summed E-state index contributed by atoms with van der Waals surface area (Å²) in [6.07, 6.45) is 0.761. The van der Waals surface area contributed by atoms with E-state index in [2.05, 4.69) is 10.6 Å². The summed E-state index contributed by atoms with van der Waals surface area (Å²) in [6, 6.07) is 7.81. The lowest BCUT2D eigenvalue weighted by Crippen LogP contribution is -2.31. The first-order valence-corrected chi connectivity index (χ1v) is 9.55. The number of methoxy groups -OCH3 is 2. The second kappa shape index (κ2) is 9.00. The zero-order chi connectivity index (χ0) is 19.3. The molecule has 0 fully saturated rings. The van der Waals surface area contributed by atoms with Crippen LogP contribution in [-0.2, 0) is 11.2 Å². The van der Waals surface area contributed by atoms with Crippen LogP contribution in [0.2, 0.25) is 0 Å². The van der Waals surface area contributed by atoms with Crippen molar-refractivity contribution in [3.8, 4) is 5.75 Å². The normalized spacial score (nSPS) is 11.6. The average Bonchev–Trinajstić information content (AvgIpc) is 2.95. The number of thiocarbonyl (C=S) groups is 1. The number of aryl methyl sites for hydroxylation is 1. The van der Waals surface area contributed by atoms with Gasteiger partial charge in [-0.2, -0.15) is 0 Å². The Labute approximate surface area is 163 Å². The van der Waals surface area contributed by atoms with Crippen molar-refractivity contribution in [3.05, 3.63) is 45.8 Å². The van der Waals surface area contributed by atoms with Gasteiger partial charge >= 0.3 is 5.97 Å². The van der Waals surface area contributed by atoms with E-state index in [9.17, 15) is 4.79 Å². The van der Waals surface area contributed by atoms with Gasteiger partial charge in [-0.15, -0.1) is 11.3 Å². The van der Waals surface area contributed by atoms with Crippen LogP contribution in [0.4, 0.5) is 5.00 Å². The van der Waals surface area contributed by atoms with Crippen LogP contribution in [0.15, 0.2) is 24.3 Å². The Morgan fingerprint density at radius 2 is 1.92 bits per heavy atom. The molecule has 7 heteroatoms. The van der Waals surface area contributed by atoms with Crippen molar-refractivity contribution >= 4 is 39.6 Å². The molecular weight excluding hydrogens is 368 g/mol. The van der Waals surface area contributed by atoms with Crippen LogP contribution in [0.1, 0.15) is 46.3 Å². The molecule has 0 amide bonds. The van der Waals surface area contributed by atoms with Crippen molar-refractivity contribution in [1.29, 1.82) is 0 Å². The Balaban J connectivity index is 2.13. The van der Waals surface area contributed by atoms with E-state index >= 15 is 0 Å². The van der Waals surface area contributed by atoms with Gasteiger partial charge in [-0.05, 0) is 55.7 Å². The Morgan fingerprint density at radius 1 is 1.27 bits per heavy atom. The molecular formula is C19H24N2O3S2. The van der Waals surface area contributed by atoms with Crippen molar-refractivity contribution in [2.24, 2.45) is 0 Å². The SMILES string of the molecule is CCc1c(C)sc(NC(=S)NC(C)c2ccc(OC)cc2)c1C(=O)OC. The predicted octanol–water partition coefficient (Wildman–Crippen LogP) is 4.46. The van der Waals surface area contributed by atoms with Gasteiger partial charge in [0, 0.05) is 4.88 Å². The van der Waals surface area contributed by atoms with Crippen LogP contribution in [0, 0.1) is 6.92 Å². The fourth-order valence-corrected chi connectivity index (χ4v) is 4.20. The van der Waals surface area contributed by atoms with Crippen molar-refractivity contribution in [2.45, 2.75) is 33.2 Å². The van der Waals surface area contributed by atoms with Crippen LogP contribution in [0.3, 0.4) is 0 Å². The molecule has 0 saturated heterocycles. The third kappa shape index (κ3) is 4.53. The molecule has 1 atom stereocenters. The van der Waals surface area contributed by atoms with Gasteiger partial charge in [0.2, 0.25) is 0 Å². The highest BCUT2D eigenvalue weighted by molar-refractivity contribution is 7.80. The molecule has 0 radical (unpaired) electrons. The van der Waals surface area contributed by atoms with E-state index in [1.807, 2.05) is 45.0 Å². The first-order chi connectivity index (χ1) is 12.4. The lowest BCUT2D eigenvalue weighted by molar-refractivity contribution is 0.0601. The number of rotatable bonds is 6. The molecule has 26 heavy (non-hydrogen) atoms.